The molecule has 0 spiro atoms. The van der Waals surface area contributed by atoms with Crippen molar-refractivity contribution in [1.29, 1.82) is 0 Å². The quantitative estimate of drug-likeness (QED) is 0.681. The van der Waals surface area contributed by atoms with Crippen LogP contribution in [0.3, 0.4) is 0 Å². The lowest BCUT2D eigenvalue weighted by Gasteiger charge is -2.38. The van der Waals surface area contributed by atoms with Gasteiger partial charge in [0.25, 0.3) is 0 Å². The number of allylic oxidation sites excluding steroid dienone is 2. The molecule has 0 saturated heterocycles. The molecule has 0 aromatic rings. The number of rotatable bonds is 3. The number of hydrogen-bond donors (Lipinski definition) is 0. The highest BCUT2D eigenvalue weighted by Gasteiger charge is 2.35. The number of ketones is 1. The van der Waals surface area contributed by atoms with E-state index in [1.165, 1.54) is 5.57 Å². The van der Waals surface area contributed by atoms with E-state index >= 15 is 0 Å². The molecule has 0 aromatic heterocycles. The van der Waals surface area contributed by atoms with Crippen molar-refractivity contribution in [1.82, 2.24) is 0 Å². The van der Waals surface area contributed by atoms with E-state index < -0.39 is 0 Å². The molecule has 1 nitrogen and oxygen atoms in total. The monoisotopic (exact) mass is 208 g/mol. The second-order valence-electron chi connectivity index (χ2n) is 5.36. The Kier molecular flexibility index (Phi) is 3.75. The van der Waals surface area contributed by atoms with Crippen molar-refractivity contribution in [2.45, 2.75) is 60.3 Å². The molecular weight excluding hydrogens is 184 g/mol. The summed E-state index contributed by atoms with van der Waals surface area (Å²) < 4.78 is 0. The van der Waals surface area contributed by atoms with Crippen molar-refractivity contribution in [3.8, 4) is 0 Å². The van der Waals surface area contributed by atoms with Gasteiger partial charge in [-0.25, -0.2) is 0 Å². The van der Waals surface area contributed by atoms with Crippen molar-refractivity contribution >= 4 is 5.78 Å². The van der Waals surface area contributed by atoms with Crippen LogP contribution in [0.1, 0.15) is 60.3 Å². The zero-order valence-corrected chi connectivity index (χ0v) is 10.8. The third-order valence-corrected chi connectivity index (χ3v) is 3.92. The van der Waals surface area contributed by atoms with Crippen LogP contribution < -0.4 is 0 Å². The van der Waals surface area contributed by atoms with Gasteiger partial charge in [-0.3, -0.25) is 4.79 Å². The predicted molar refractivity (Wildman–Crippen MR) is 64.8 cm³/mol. The van der Waals surface area contributed by atoms with Crippen molar-refractivity contribution < 1.29 is 4.79 Å². The molecule has 0 atom stereocenters. The molecule has 0 radical (unpaired) electrons. The van der Waals surface area contributed by atoms with Crippen LogP contribution in [0.25, 0.3) is 0 Å². The normalized spacial score (nSPS) is 21.3. The van der Waals surface area contributed by atoms with Crippen LogP contribution in [0.2, 0.25) is 0 Å². The Labute approximate surface area is 93.9 Å². The fraction of sp³-hybridized carbons (Fsp3) is 0.786. The minimum absolute atomic E-state index is 0.231. The van der Waals surface area contributed by atoms with Gasteiger partial charge in [-0.1, -0.05) is 33.3 Å². The molecule has 0 bridgehead atoms. The minimum atomic E-state index is 0.231. The van der Waals surface area contributed by atoms with Crippen LogP contribution in [0.5, 0.6) is 0 Å². The zero-order chi connectivity index (χ0) is 11.6. The highest BCUT2D eigenvalue weighted by atomic mass is 16.1. The molecule has 1 aliphatic rings. The van der Waals surface area contributed by atoms with Gasteiger partial charge in [0.2, 0.25) is 0 Å². The summed E-state index contributed by atoms with van der Waals surface area (Å²) in [6.07, 6.45) is 4.07. The van der Waals surface area contributed by atoms with E-state index in [-0.39, 0.29) is 5.41 Å². The van der Waals surface area contributed by atoms with Gasteiger partial charge in [0, 0.05) is 6.42 Å². The number of Topliss-reactive ketones (excluding diaryl/α,β-unsaturated/α-hetero) is 1. The summed E-state index contributed by atoms with van der Waals surface area (Å²) in [7, 11) is 0. The van der Waals surface area contributed by atoms with Gasteiger partial charge >= 0.3 is 0 Å². The maximum absolute atomic E-state index is 11.8. The van der Waals surface area contributed by atoms with E-state index in [9.17, 15) is 4.79 Å². The van der Waals surface area contributed by atoms with Gasteiger partial charge in [-0.15, -0.1) is 0 Å². The molecule has 1 rings (SSSR count). The first-order valence-corrected chi connectivity index (χ1v) is 6.18. The minimum Gasteiger partial charge on any atom is -0.295 e. The Morgan fingerprint density at radius 3 is 2.27 bits per heavy atom. The smallest absolute Gasteiger partial charge is 0.158 e. The summed E-state index contributed by atoms with van der Waals surface area (Å²) in [6, 6.07) is 0. The van der Waals surface area contributed by atoms with E-state index in [4.69, 9.17) is 0 Å². The molecule has 0 saturated carbocycles. The molecular formula is C14H24O. The van der Waals surface area contributed by atoms with Crippen LogP contribution >= 0.6 is 0 Å². The van der Waals surface area contributed by atoms with Crippen LogP contribution in [0.4, 0.5) is 0 Å². The Morgan fingerprint density at radius 2 is 1.80 bits per heavy atom. The summed E-state index contributed by atoms with van der Waals surface area (Å²) in [4.78, 5) is 11.8. The lowest BCUT2D eigenvalue weighted by molar-refractivity contribution is -0.116. The Hall–Kier alpha value is -0.590. The fourth-order valence-corrected chi connectivity index (χ4v) is 2.96. The van der Waals surface area contributed by atoms with Crippen LogP contribution in [0, 0.1) is 11.3 Å². The van der Waals surface area contributed by atoms with Crippen molar-refractivity contribution in [3.63, 3.8) is 0 Å². The van der Waals surface area contributed by atoms with E-state index in [0.717, 1.165) is 31.3 Å². The predicted octanol–water partition coefficient (Wildman–Crippen LogP) is 4.13. The second kappa shape index (κ2) is 4.51. The van der Waals surface area contributed by atoms with Crippen LogP contribution in [-0.4, -0.2) is 5.78 Å². The third kappa shape index (κ3) is 2.32. The zero-order valence-electron chi connectivity index (χ0n) is 10.8. The van der Waals surface area contributed by atoms with Crippen molar-refractivity contribution in [2.24, 2.45) is 11.3 Å². The second-order valence-corrected chi connectivity index (χ2v) is 5.36. The van der Waals surface area contributed by atoms with Crippen molar-refractivity contribution in [3.05, 3.63) is 11.1 Å². The molecule has 0 aliphatic heterocycles. The lowest BCUT2D eigenvalue weighted by atomic mass is 9.66. The van der Waals surface area contributed by atoms with E-state index in [0.29, 0.717) is 11.7 Å². The molecule has 0 heterocycles. The number of hydrogen-bond acceptors (Lipinski definition) is 1. The standard InChI is InChI=1S/C14H24O/c1-6-11(7-2)13-10(3)12(15)8-9-14(13,4)5/h11H,6-9H2,1-5H3. The topological polar surface area (TPSA) is 17.1 Å². The van der Waals surface area contributed by atoms with E-state index in [1.807, 2.05) is 6.92 Å². The fourth-order valence-electron chi connectivity index (χ4n) is 2.96. The molecule has 0 unspecified atom stereocenters. The van der Waals surface area contributed by atoms with Gasteiger partial charge in [0.1, 0.15) is 0 Å². The Morgan fingerprint density at radius 1 is 1.27 bits per heavy atom. The first-order valence-electron chi connectivity index (χ1n) is 6.18. The van der Waals surface area contributed by atoms with Gasteiger partial charge < -0.3 is 0 Å². The highest BCUT2D eigenvalue weighted by molar-refractivity contribution is 5.96. The first-order chi connectivity index (χ1) is 6.94. The maximum Gasteiger partial charge on any atom is 0.158 e. The molecule has 0 fully saturated rings. The molecule has 1 aliphatic carbocycles. The average molecular weight is 208 g/mol. The summed E-state index contributed by atoms with van der Waals surface area (Å²) in [5.74, 6) is 0.973. The molecule has 1 heteroatoms. The molecule has 0 N–H and O–H groups in total. The number of carbonyl (C=O) groups is 1. The highest BCUT2D eigenvalue weighted by Crippen LogP contribution is 2.44. The molecule has 0 aromatic carbocycles. The largest absolute Gasteiger partial charge is 0.295 e. The van der Waals surface area contributed by atoms with Gasteiger partial charge in [0.05, 0.1) is 0 Å². The Balaban J connectivity index is 3.16. The van der Waals surface area contributed by atoms with Gasteiger partial charge in [0.15, 0.2) is 5.78 Å². The first kappa shape index (κ1) is 12.5. The number of carbonyl (C=O) groups excluding carboxylic acids is 1. The van der Waals surface area contributed by atoms with Crippen molar-refractivity contribution in [2.75, 3.05) is 0 Å². The van der Waals surface area contributed by atoms with Gasteiger partial charge in [-0.05, 0) is 43.1 Å². The molecule has 86 valence electrons. The summed E-state index contributed by atoms with van der Waals surface area (Å²) >= 11 is 0. The molecule has 15 heavy (non-hydrogen) atoms. The SMILES string of the molecule is CCC(CC)C1=C(C)C(=O)CCC1(C)C. The van der Waals surface area contributed by atoms with E-state index in [2.05, 4.69) is 27.7 Å². The van der Waals surface area contributed by atoms with Crippen LogP contribution in [0.15, 0.2) is 11.1 Å². The molecule has 0 amide bonds. The third-order valence-electron chi connectivity index (χ3n) is 3.92. The Bertz CT molecular complexity index is 280. The lowest BCUT2D eigenvalue weighted by Crippen LogP contribution is -2.29. The van der Waals surface area contributed by atoms with E-state index in [1.54, 1.807) is 0 Å². The summed E-state index contributed by atoms with van der Waals surface area (Å²) in [6.45, 7) is 11.1. The van der Waals surface area contributed by atoms with Gasteiger partial charge in [-0.2, -0.15) is 0 Å². The maximum atomic E-state index is 11.8. The average Bonchev–Trinajstić information content (AvgIpc) is 2.19. The van der Waals surface area contributed by atoms with Crippen LogP contribution in [-0.2, 0) is 4.79 Å². The summed E-state index contributed by atoms with van der Waals surface area (Å²) in [5.41, 5.74) is 2.72. The summed E-state index contributed by atoms with van der Waals surface area (Å²) in [5, 5.41) is 0.